The van der Waals surface area contributed by atoms with E-state index in [1.807, 2.05) is 18.2 Å². The molecule has 1 aromatic carbocycles. The largest absolute Gasteiger partial charge is 0.465 e. The van der Waals surface area contributed by atoms with Gasteiger partial charge in [-0.2, -0.15) is 0 Å². The lowest BCUT2D eigenvalue weighted by molar-refractivity contribution is 0.0597. The van der Waals surface area contributed by atoms with E-state index in [2.05, 4.69) is 0 Å². The van der Waals surface area contributed by atoms with Crippen molar-refractivity contribution < 1.29 is 9.53 Å². The summed E-state index contributed by atoms with van der Waals surface area (Å²) in [4.78, 5) is 24.9. The highest BCUT2D eigenvalue weighted by Crippen LogP contribution is 2.22. The SMILES string of the molecule is COC(=O)c1cc(Cc2ccccc2Cl)c(=O)n2c1CCCC2. The van der Waals surface area contributed by atoms with Crippen LogP contribution < -0.4 is 5.56 Å². The standard InChI is InChI=1S/C18H18ClNO3/c1-23-18(22)14-11-13(10-12-6-2-3-7-15(12)19)17(21)20-9-5-4-8-16(14)20/h2-3,6-7,11H,4-5,8-10H2,1H3. The second-order valence-electron chi connectivity index (χ2n) is 5.70. The maximum absolute atomic E-state index is 12.8. The molecule has 2 heterocycles. The van der Waals surface area contributed by atoms with Gasteiger partial charge < -0.3 is 9.30 Å². The highest BCUT2D eigenvalue weighted by atomic mass is 35.5. The maximum Gasteiger partial charge on any atom is 0.339 e. The molecule has 0 saturated carbocycles. The predicted octanol–water partition coefficient (Wildman–Crippen LogP) is 3.22. The van der Waals surface area contributed by atoms with Gasteiger partial charge in [0.05, 0.1) is 12.7 Å². The van der Waals surface area contributed by atoms with E-state index in [-0.39, 0.29) is 5.56 Å². The van der Waals surface area contributed by atoms with E-state index in [0.717, 1.165) is 30.5 Å². The van der Waals surface area contributed by atoms with E-state index >= 15 is 0 Å². The summed E-state index contributed by atoms with van der Waals surface area (Å²) in [6.07, 6.45) is 3.06. The van der Waals surface area contributed by atoms with Crippen LogP contribution in [-0.4, -0.2) is 17.6 Å². The smallest absolute Gasteiger partial charge is 0.339 e. The first-order valence-electron chi connectivity index (χ1n) is 7.69. The third-order valence-electron chi connectivity index (χ3n) is 4.26. The number of carbonyl (C=O) groups excluding carboxylic acids is 1. The van der Waals surface area contributed by atoms with Gasteiger partial charge in [0, 0.05) is 29.2 Å². The highest BCUT2D eigenvalue weighted by molar-refractivity contribution is 6.31. The molecule has 0 atom stereocenters. The number of aromatic nitrogens is 1. The predicted molar refractivity (Wildman–Crippen MR) is 89.2 cm³/mol. The van der Waals surface area contributed by atoms with Crippen molar-refractivity contribution in [1.82, 2.24) is 4.57 Å². The molecule has 2 aromatic rings. The molecule has 1 aromatic heterocycles. The Morgan fingerprint density at radius 3 is 2.78 bits per heavy atom. The molecule has 0 aliphatic carbocycles. The Bertz CT molecular complexity index is 810. The van der Waals surface area contributed by atoms with Crippen LogP contribution in [0.1, 0.15) is 40.0 Å². The second kappa shape index (κ2) is 6.59. The van der Waals surface area contributed by atoms with Gasteiger partial charge in [0.1, 0.15) is 0 Å². The summed E-state index contributed by atoms with van der Waals surface area (Å²) >= 11 is 6.20. The lowest BCUT2D eigenvalue weighted by Gasteiger charge is -2.22. The first-order valence-corrected chi connectivity index (χ1v) is 8.07. The average Bonchev–Trinajstić information content (AvgIpc) is 2.58. The molecule has 0 fully saturated rings. The van der Waals surface area contributed by atoms with Crippen molar-refractivity contribution in [2.45, 2.75) is 32.2 Å². The van der Waals surface area contributed by atoms with Gasteiger partial charge in [-0.3, -0.25) is 4.79 Å². The number of halogens is 1. The molecule has 23 heavy (non-hydrogen) atoms. The number of pyridine rings is 1. The number of ether oxygens (including phenoxy) is 1. The van der Waals surface area contributed by atoms with Gasteiger partial charge in [0.15, 0.2) is 0 Å². The summed E-state index contributed by atoms with van der Waals surface area (Å²) in [6.45, 7) is 0.647. The van der Waals surface area contributed by atoms with E-state index in [1.54, 1.807) is 16.7 Å². The number of rotatable bonds is 3. The van der Waals surface area contributed by atoms with Gasteiger partial charge in [-0.05, 0) is 37.0 Å². The number of carbonyl (C=O) groups is 1. The molecule has 4 nitrogen and oxygen atoms in total. The normalized spacial score (nSPS) is 13.5. The van der Waals surface area contributed by atoms with Crippen molar-refractivity contribution in [3.63, 3.8) is 0 Å². The summed E-state index contributed by atoms with van der Waals surface area (Å²) in [7, 11) is 1.36. The fraction of sp³-hybridized carbons (Fsp3) is 0.333. The third kappa shape index (κ3) is 3.04. The van der Waals surface area contributed by atoms with Crippen LogP contribution in [0.4, 0.5) is 0 Å². The molecule has 1 aliphatic rings. The molecule has 0 amide bonds. The van der Waals surface area contributed by atoms with E-state index in [9.17, 15) is 9.59 Å². The quantitative estimate of drug-likeness (QED) is 0.811. The van der Waals surface area contributed by atoms with Gasteiger partial charge >= 0.3 is 5.97 Å². The summed E-state index contributed by atoms with van der Waals surface area (Å²) < 4.78 is 6.61. The molecule has 0 bridgehead atoms. The van der Waals surface area contributed by atoms with Crippen molar-refractivity contribution in [3.8, 4) is 0 Å². The van der Waals surface area contributed by atoms with Crippen molar-refractivity contribution in [2.75, 3.05) is 7.11 Å². The Labute approximate surface area is 139 Å². The monoisotopic (exact) mass is 331 g/mol. The van der Waals surface area contributed by atoms with Crippen LogP contribution in [0.2, 0.25) is 5.02 Å². The minimum Gasteiger partial charge on any atom is -0.465 e. The van der Waals surface area contributed by atoms with Crippen LogP contribution in [-0.2, 0) is 24.1 Å². The number of methoxy groups -OCH3 is 1. The topological polar surface area (TPSA) is 48.3 Å². The summed E-state index contributed by atoms with van der Waals surface area (Å²) in [6, 6.07) is 9.11. The Kier molecular flexibility index (Phi) is 4.53. The number of benzene rings is 1. The zero-order chi connectivity index (χ0) is 16.4. The van der Waals surface area contributed by atoms with Gasteiger partial charge in [-0.1, -0.05) is 29.8 Å². The fourth-order valence-electron chi connectivity index (χ4n) is 3.09. The Morgan fingerprint density at radius 1 is 1.26 bits per heavy atom. The van der Waals surface area contributed by atoms with Gasteiger partial charge in [-0.25, -0.2) is 4.79 Å². The maximum atomic E-state index is 12.8. The van der Waals surface area contributed by atoms with Gasteiger partial charge in [0.2, 0.25) is 0 Å². The van der Waals surface area contributed by atoms with Crippen LogP contribution >= 0.6 is 11.6 Å². The first kappa shape index (κ1) is 15.8. The van der Waals surface area contributed by atoms with Crippen molar-refractivity contribution in [2.24, 2.45) is 0 Å². The van der Waals surface area contributed by atoms with Crippen LogP contribution in [0.15, 0.2) is 35.1 Å². The van der Waals surface area contributed by atoms with Gasteiger partial charge in [0.25, 0.3) is 5.56 Å². The van der Waals surface area contributed by atoms with Crippen LogP contribution in [0.25, 0.3) is 0 Å². The summed E-state index contributed by atoms with van der Waals surface area (Å²) in [5.74, 6) is -0.393. The number of hydrogen-bond acceptors (Lipinski definition) is 3. The lowest BCUT2D eigenvalue weighted by Crippen LogP contribution is -2.32. The minimum atomic E-state index is -0.393. The summed E-state index contributed by atoms with van der Waals surface area (Å²) in [5.41, 5.74) is 2.69. The fourth-order valence-corrected chi connectivity index (χ4v) is 3.29. The number of nitrogens with zero attached hydrogens (tertiary/aromatic N) is 1. The van der Waals surface area contributed by atoms with Gasteiger partial charge in [-0.15, -0.1) is 0 Å². The molecule has 0 saturated heterocycles. The molecule has 0 radical (unpaired) electrons. The molecular formula is C18H18ClNO3. The number of fused-ring (bicyclic) bond motifs is 1. The zero-order valence-electron chi connectivity index (χ0n) is 13.0. The Hall–Kier alpha value is -2.07. The Balaban J connectivity index is 2.12. The van der Waals surface area contributed by atoms with E-state index < -0.39 is 5.97 Å². The Morgan fingerprint density at radius 2 is 2.04 bits per heavy atom. The van der Waals surface area contributed by atoms with Crippen LogP contribution in [0.5, 0.6) is 0 Å². The molecular weight excluding hydrogens is 314 g/mol. The van der Waals surface area contributed by atoms with E-state index in [4.69, 9.17) is 16.3 Å². The molecule has 0 N–H and O–H groups in total. The molecule has 120 valence electrons. The van der Waals surface area contributed by atoms with Crippen molar-refractivity contribution >= 4 is 17.6 Å². The highest BCUT2D eigenvalue weighted by Gasteiger charge is 2.22. The second-order valence-corrected chi connectivity index (χ2v) is 6.11. The average molecular weight is 332 g/mol. The molecule has 3 rings (SSSR count). The third-order valence-corrected chi connectivity index (χ3v) is 4.63. The minimum absolute atomic E-state index is 0.0349. The van der Waals surface area contributed by atoms with Crippen molar-refractivity contribution in [3.05, 3.63) is 68.1 Å². The van der Waals surface area contributed by atoms with Crippen molar-refractivity contribution in [1.29, 1.82) is 0 Å². The van der Waals surface area contributed by atoms with Crippen LogP contribution in [0.3, 0.4) is 0 Å². The van der Waals surface area contributed by atoms with E-state index in [1.165, 1.54) is 7.11 Å². The summed E-state index contributed by atoms with van der Waals surface area (Å²) in [5, 5.41) is 0.620. The van der Waals surface area contributed by atoms with E-state index in [0.29, 0.717) is 29.1 Å². The molecule has 1 aliphatic heterocycles. The zero-order valence-corrected chi connectivity index (χ0v) is 13.7. The molecule has 5 heteroatoms. The van der Waals surface area contributed by atoms with Crippen LogP contribution in [0, 0.1) is 0 Å². The molecule has 0 unspecified atom stereocenters. The number of hydrogen-bond donors (Lipinski definition) is 0. The lowest BCUT2D eigenvalue weighted by atomic mass is 9.98. The first-order chi connectivity index (χ1) is 11.1. The molecule has 0 spiro atoms. The number of esters is 1.